The van der Waals surface area contributed by atoms with E-state index >= 15 is 0 Å². The van der Waals surface area contributed by atoms with Gasteiger partial charge in [0.1, 0.15) is 5.75 Å². The number of hydrogen-bond acceptors (Lipinski definition) is 7. The highest BCUT2D eigenvalue weighted by Gasteiger charge is 2.54. The number of aliphatic hydroxyl groups is 1. The molecule has 0 aromatic heterocycles. The minimum absolute atomic E-state index is 0.0229. The lowest BCUT2D eigenvalue weighted by Crippen LogP contribution is -2.53. The average molecular weight is 728 g/mol. The lowest BCUT2D eigenvalue weighted by molar-refractivity contribution is -0.130. The normalized spacial score (nSPS) is 16.9. The molecule has 1 aliphatic rings. The number of rotatable bonds is 14. The van der Waals surface area contributed by atoms with Crippen LogP contribution in [-0.4, -0.2) is 35.7 Å². The second kappa shape index (κ2) is 16.4. The van der Waals surface area contributed by atoms with Gasteiger partial charge in [0.2, 0.25) is 5.90 Å². The summed E-state index contributed by atoms with van der Waals surface area (Å²) >= 11 is 25.5. The van der Waals surface area contributed by atoms with Crippen molar-refractivity contribution in [2.24, 2.45) is 10.1 Å². The number of hydrogen-bond donors (Lipinski definition) is 3. The predicted octanol–water partition coefficient (Wildman–Crippen LogP) is 8.19. The Balaban J connectivity index is 1.58. The maximum atomic E-state index is 14.6. The molecule has 10 nitrogen and oxygen atoms in total. The van der Waals surface area contributed by atoms with E-state index in [9.17, 15) is 4.79 Å². The highest BCUT2D eigenvalue weighted by atomic mass is 35.5. The highest BCUT2D eigenvalue weighted by Crippen LogP contribution is 2.45. The van der Waals surface area contributed by atoms with Crippen LogP contribution in [0.3, 0.4) is 0 Å². The first kappa shape index (κ1) is 35.3. The van der Waals surface area contributed by atoms with Gasteiger partial charge in [0, 0.05) is 62.1 Å². The number of nitrogens with zero attached hydrogens (tertiary/aromatic N) is 4. The van der Waals surface area contributed by atoms with Crippen molar-refractivity contribution in [3.8, 4) is 5.75 Å². The van der Waals surface area contributed by atoms with Crippen molar-refractivity contribution >= 4 is 58.2 Å². The number of hydrazine groups is 1. The van der Waals surface area contributed by atoms with Crippen LogP contribution in [0, 0.1) is 0 Å². The second-order valence-corrected chi connectivity index (χ2v) is 12.5. The van der Waals surface area contributed by atoms with Crippen molar-refractivity contribution in [1.29, 1.82) is 0 Å². The van der Waals surface area contributed by atoms with Crippen LogP contribution in [0.15, 0.2) is 95.0 Å². The monoisotopic (exact) mass is 726 g/mol. The molecular formula is C34H30Cl4N6O4. The molecule has 2 atom stereocenters. The Morgan fingerprint density at radius 3 is 2.35 bits per heavy atom. The van der Waals surface area contributed by atoms with Crippen molar-refractivity contribution in [2.45, 2.75) is 37.6 Å². The van der Waals surface area contributed by atoms with Gasteiger partial charge >= 0.3 is 0 Å². The number of carbonyl (C=O) groups excluding carboxylic acids is 1. The van der Waals surface area contributed by atoms with Crippen LogP contribution in [0.2, 0.25) is 20.1 Å². The maximum Gasteiger partial charge on any atom is 0.266 e. The average Bonchev–Trinajstić information content (AvgIpc) is 3.45. The lowest BCUT2D eigenvalue weighted by Gasteiger charge is -2.32. The highest BCUT2D eigenvalue weighted by molar-refractivity contribution is 6.35. The summed E-state index contributed by atoms with van der Waals surface area (Å²) in [6, 6.07) is 24.5. The Hall–Kier alpha value is -3.99. The zero-order chi connectivity index (χ0) is 34.1. The number of carbonyl (C=O) groups is 1. The molecule has 4 aromatic rings. The third-order valence-electron chi connectivity index (χ3n) is 7.65. The summed E-state index contributed by atoms with van der Waals surface area (Å²) in [5.41, 5.74) is 16.4. The Bertz CT molecular complexity index is 1850. The molecule has 0 bridgehead atoms. The number of nitrogens with one attached hydrogen (secondary N) is 2. The van der Waals surface area contributed by atoms with E-state index in [1.165, 1.54) is 0 Å². The van der Waals surface area contributed by atoms with Crippen molar-refractivity contribution in [3.05, 3.63) is 143 Å². The number of aliphatic imine (C=N–C) groups is 1. The Morgan fingerprint density at radius 2 is 1.67 bits per heavy atom. The summed E-state index contributed by atoms with van der Waals surface area (Å²) < 4.78 is 12.2. The Labute approximate surface area is 297 Å². The topological polar surface area (TPSA) is 141 Å². The third-order valence-corrected chi connectivity index (χ3v) is 8.80. The number of halogens is 4. The van der Waals surface area contributed by atoms with Crippen LogP contribution in [0.5, 0.6) is 5.75 Å². The minimum atomic E-state index is -1.62. The van der Waals surface area contributed by atoms with Crippen LogP contribution >= 0.6 is 46.4 Å². The molecule has 0 saturated heterocycles. The first-order chi connectivity index (χ1) is 23.2. The van der Waals surface area contributed by atoms with E-state index < -0.39 is 17.6 Å². The smallest absolute Gasteiger partial charge is 0.266 e. The zero-order valence-electron chi connectivity index (χ0n) is 25.4. The van der Waals surface area contributed by atoms with Gasteiger partial charge in [-0.1, -0.05) is 87.9 Å². The van der Waals surface area contributed by atoms with Crippen molar-refractivity contribution < 1.29 is 19.4 Å². The molecule has 4 aromatic carbocycles. The number of benzene rings is 4. The molecule has 3 N–H and O–H groups in total. The van der Waals surface area contributed by atoms with Crippen LogP contribution in [0.25, 0.3) is 10.4 Å². The van der Waals surface area contributed by atoms with Crippen LogP contribution < -0.4 is 15.6 Å². The molecule has 0 radical (unpaired) electrons. The molecule has 1 heterocycles. The van der Waals surface area contributed by atoms with Gasteiger partial charge in [-0.3, -0.25) is 10.2 Å². The van der Waals surface area contributed by atoms with Gasteiger partial charge in [0.05, 0.1) is 13.2 Å². The predicted molar refractivity (Wildman–Crippen MR) is 188 cm³/mol. The second-order valence-electron chi connectivity index (χ2n) is 10.8. The van der Waals surface area contributed by atoms with Gasteiger partial charge in [-0.05, 0) is 70.8 Å². The first-order valence-corrected chi connectivity index (χ1v) is 16.4. The molecule has 1 aliphatic heterocycles. The third kappa shape index (κ3) is 8.35. The molecule has 5 rings (SSSR count). The van der Waals surface area contributed by atoms with Crippen molar-refractivity contribution in [2.75, 3.05) is 13.2 Å². The van der Waals surface area contributed by atoms with Gasteiger partial charge in [0.25, 0.3) is 5.91 Å². The fourth-order valence-corrected chi connectivity index (χ4v) is 6.23. The Kier molecular flexibility index (Phi) is 12.1. The minimum Gasteiger partial charge on any atom is -0.494 e. The molecule has 0 aliphatic carbocycles. The molecule has 0 saturated carbocycles. The number of amides is 1. The largest absolute Gasteiger partial charge is 0.494 e. The van der Waals surface area contributed by atoms with Crippen molar-refractivity contribution in [3.63, 3.8) is 0 Å². The van der Waals surface area contributed by atoms with E-state index in [2.05, 4.69) is 20.9 Å². The summed E-state index contributed by atoms with van der Waals surface area (Å²) in [6.45, 7) is 0.637. The van der Waals surface area contributed by atoms with Gasteiger partial charge in [-0.15, -0.1) is 0 Å². The number of aliphatic hydroxyl groups excluding tert-OH is 1. The molecule has 1 amide bonds. The molecular weight excluding hydrogens is 698 g/mol. The summed E-state index contributed by atoms with van der Waals surface area (Å²) in [7, 11) is 0. The zero-order valence-corrected chi connectivity index (χ0v) is 28.4. The maximum absolute atomic E-state index is 14.6. The summed E-state index contributed by atoms with van der Waals surface area (Å²) in [6.07, 6.45) is -0.460. The van der Waals surface area contributed by atoms with Crippen LogP contribution in [-0.2, 0) is 29.0 Å². The van der Waals surface area contributed by atoms with Crippen LogP contribution in [0.1, 0.15) is 40.3 Å². The number of azide groups is 1. The van der Waals surface area contributed by atoms with E-state index in [1.54, 1.807) is 60.7 Å². The van der Waals surface area contributed by atoms with E-state index in [0.717, 1.165) is 11.1 Å². The SMILES string of the molecule is [N-]=[N+]=NCc1ccccc1C[C@]1(C(=O)NNCc2ccc(Cl)cc2Cl)N=C(c2ccc(OCCCO)cc2)O[C@H]1c1ccc(Cl)cc1Cl. The van der Waals surface area contributed by atoms with Crippen molar-refractivity contribution in [1.82, 2.24) is 10.9 Å². The first-order valence-electron chi connectivity index (χ1n) is 14.8. The van der Waals surface area contributed by atoms with Gasteiger partial charge in [0.15, 0.2) is 11.6 Å². The molecule has 0 fully saturated rings. The molecule has 0 unspecified atom stereocenters. The van der Waals surface area contributed by atoms with E-state index in [4.69, 9.17) is 71.5 Å². The van der Waals surface area contributed by atoms with Gasteiger partial charge < -0.3 is 14.6 Å². The summed E-state index contributed by atoms with van der Waals surface area (Å²) in [5, 5.41) is 14.5. The fraction of sp³-hybridized carbons (Fsp3) is 0.235. The molecule has 14 heteroatoms. The van der Waals surface area contributed by atoms with Crippen LogP contribution in [0.4, 0.5) is 0 Å². The van der Waals surface area contributed by atoms with Gasteiger partial charge in [-0.25, -0.2) is 10.4 Å². The Morgan fingerprint density at radius 1 is 0.958 bits per heavy atom. The van der Waals surface area contributed by atoms with E-state index in [-0.39, 0.29) is 37.0 Å². The van der Waals surface area contributed by atoms with Gasteiger partial charge in [-0.2, -0.15) is 0 Å². The molecule has 248 valence electrons. The standard InChI is InChI=1S/C34H30Cl4N6O4/c35-25-9-6-24(29(37)16-25)20-40-43-33(46)34(18-22-4-1-2-5-23(22)19-41-44-39)31(28-13-10-26(36)17-30(28)38)48-32(42-34)21-7-11-27(12-8-21)47-15-3-14-45/h1-2,4-13,16-17,31,40,45H,3,14-15,18-20H2,(H,43,46)/t31-,34-/m0/s1. The summed E-state index contributed by atoms with van der Waals surface area (Å²) in [4.78, 5) is 22.5. The quantitative estimate of drug-likeness (QED) is 0.0395. The molecule has 0 spiro atoms. The lowest BCUT2D eigenvalue weighted by atomic mass is 9.81. The number of ether oxygens (including phenoxy) is 2. The fourth-order valence-electron chi connectivity index (χ4n) is 5.25. The molecule has 48 heavy (non-hydrogen) atoms. The van der Waals surface area contributed by atoms with E-state index in [0.29, 0.717) is 50.5 Å². The summed E-state index contributed by atoms with van der Waals surface area (Å²) in [5.74, 6) is 0.293. The van der Waals surface area contributed by atoms with E-state index in [1.807, 2.05) is 24.3 Å².